The maximum absolute atomic E-state index is 12.9. The van der Waals surface area contributed by atoms with Crippen LogP contribution in [0.1, 0.15) is 15.9 Å². The second-order valence-corrected chi connectivity index (χ2v) is 9.67. The lowest BCUT2D eigenvalue weighted by molar-refractivity contribution is -0.137. The van der Waals surface area contributed by atoms with Crippen molar-refractivity contribution in [3.8, 4) is 0 Å². The number of rotatable bonds is 4. The van der Waals surface area contributed by atoms with E-state index in [0.29, 0.717) is 23.4 Å². The first-order valence-electron chi connectivity index (χ1n) is 9.12. The highest BCUT2D eigenvalue weighted by molar-refractivity contribution is 7.89. The summed E-state index contributed by atoms with van der Waals surface area (Å²) in [5.41, 5.74) is -0.627. The van der Waals surface area contributed by atoms with E-state index in [4.69, 9.17) is 4.74 Å². The Balaban J connectivity index is 1.57. The normalized spacial score (nSPS) is 15.8. The SMILES string of the molecule is O=C(Nc1nc2ccc(S(=O)(=O)N3CCOCC3)cc2s1)c1cccc(C(F)(F)F)c1. The second kappa shape index (κ2) is 8.19. The van der Waals surface area contributed by atoms with E-state index in [1.807, 2.05) is 0 Å². The molecule has 0 radical (unpaired) electrons. The standard InChI is InChI=1S/C19H16F3N3O4S2/c20-19(21,22)13-3-1-2-12(10-13)17(26)24-18-23-15-5-4-14(11-16(15)30-18)31(27,28)25-6-8-29-9-7-25/h1-5,10-11H,6-9H2,(H,23,24,26). The number of alkyl halides is 3. The highest BCUT2D eigenvalue weighted by atomic mass is 32.2. The van der Waals surface area contributed by atoms with E-state index in [0.717, 1.165) is 29.5 Å². The molecule has 0 aliphatic carbocycles. The summed E-state index contributed by atoms with van der Waals surface area (Å²) in [5.74, 6) is -0.744. The van der Waals surface area contributed by atoms with Gasteiger partial charge in [0.1, 0.15) is 0 Å². The molecule has 1 aliphatic heterocycles. The van der Waals surface area contributed by atoms with Gasteiger partial charge in [-0.3, -0.25) is 10.1 Å². The Kier molecular flexibility index (Phi) is 5.73. The zero-order valence-corrected chi connectivity index (χ0v) is 17.5. The largest absolute Gasteiger partial charge is 0.416 e. The number of morpholine rings is 1. The summed E-state index contributed by atoms with van der Waals surface area (Å²) >= 11 is 1.03. The molecular weight excluding hydrogens is 455 g/mol. The summed E-state index contributed by atoms with van der Waals surface area (Å²) in [6, 6.07) is 8.49. The molecule has 3 aromatic rings. The molecule has 1 fully saturated rings. The Morgan fingerprint density at radius 1 is 1.13 bits per heavy atom. The Labute approximate surface area is 179 Å². The van der Waals surface area contributed by atoms with Crippen LogP contribution < -0.4 is 5.32 Å². The number of benzene rings is 2. The quantitative estimate of drug-likeness (QED) is 0.628. The van der Waals surface area contributed by atoms with Crippen molar-refractivity contribution in [2.75, 3.05) is 31.6 Å². The van der Waals surface area contributed by atoms with Gasteiger partial charge in [0.05, 0.1) is 33.9 Å². The van der Waals surface area contributed by atoms with Crippen LogP contribution in [0.5, 0.6) is 0 Å². The van der Waals surface area contributed by atoms with Crippen LogP contribution in [0.2, 0.25) is 0 Å². The molecule has 1 amide bonds. The maximum atomic E-state index is 12.9. The van der Waals surface area contributed by atoms with Crippen molar-refractivity contribution in [1.29, 1.82) is 0 Å². The van der Waals surface area contributed by atoms with Crippen molar-refractivity contribution in [1.82, 2.24) is 9.29 Å². The van der Waals surface area contributed by atoms with Gasteiger partial charge in [-0.1, -0.05) is 17.4 Å². The molecule has 1 saturated heterocycles. The molecule has 1 aliphatic rings. The molecule has 1 aromatic heterocycles. The first-order chi connectivity index (χ1) is 14.6. The van der Waals surface area contributed by atoms with E-state index in [-0.39, 0.29) is 28.7 Å². The topological polar surface area (TPSA) is 88.6 Å². The maximum Gasteiger partial charge on any atom is 0.416 e. The minimum absolute atomic E-state index is 0.0984. The number of carbonyl (C=O) groups is 1. The highest BCUT2D eigenvalue weighted by Crippen LogP contribution is 2.31. The number of fused-ring (bicyclic) bond motifs is 1. The Morgan fingerprint density at radius 2 is 1.87 bits per heavy atom. The van der Waals surface area contributed by atoms with Crippen LogP contribution in [0.15, 0.2) is 47.4 Å². The van der Waals surface area contributed by atoms with Crippen LogP contribution in [0.3, 0.4) is 0 Å². The van der Waals surface area contributed by atoms with Crippen LogP contribution in [-0.2, 0) is 20.9 Å². The van der Waals surface area contributed by atoms with E-state index in [1.165, 1.54) is 28.6 Å². The van der Waals surface area contributed by atoms with Crippen molar-refractivity contribution in [3.63, 3.8) is 0 Å². The lowest BCUT2D eigenvalue weighted by Crippen LogP contribution is -2.40. The van der Waals surface area contributed by atoms with Crippen molar-refractivity contribution in [2.45, 2.75) is 11.1 Å². The lowest BCUT2D eigenvalue weighted by atomic mass is 10.1. The van der Waals surface area contributed by atoms with Crippen molar-refractivity contribution < 1.29 is 31.1 Å². The number of nitrogens with zero attached hydrogens (tertiary/aromatic N) is 2. The zero-order chi connectivity index (χ0) is 22.2. The number of ether oxygens (including phenoxy) is 1. The van der Waals surface area contributed by atoms with Crippen LogP contribution in [-0.4, -0.2) is 49.9 Å². The molecule has 164 valence electrons. The Hall–Kier alpha value is -2.54. The Morgan fingerprint density at radius 3 is 2.58 bits per heavy atom. The molecule has 0 atom stereocenters. The summed E-state index contributed by atoms with van der Waals surface area (Å²) < 4.78 is 71.3. The molecular formula is C19H16F3N3O4S2. The van der Waals surface area contributed by atoms with Crippen LogP contribution >= 0.6 is 11.3 Å². The van der Waals surface area contributed by atoms with E-state index in [9.17, 15) is 26.4 Å². The zero-order valence-electron chi connectivity index (χ0n) is 15.8. The molecule has 0 unspecified atom stereocenters. The first-order valence-corrected chi connectivity index (χ1v) is 11.4. The summed E-state index contributed by atoms with van der Waals surface area (Å²) in [6.07, 6.45) is -4.56. The first kappa shape index (κ1) is 21.7. The van der Waals surface area contributed by atoms with Crippen molar-refractivity contribution in [3.05, 3.63) is 53.6 Å². The average Bonchev–Trinajstić information content (AvgIpc) is 3.15. The molecule has 0 bridgehead atoms. The van der Waals surface area contributed by atoms with Crippen molar-refractivity contribution >= 4 is 42.6 Å². The third-order valence-corrected chi connectivity index (χ3v) is 7.47. The minimum atomic E-state index is -4.56. The molecule has 1 N–H and O–H groups in total. The number of amides is 1. The Bertz CT molecular complexity index is 1240. The number of anilines is 1. The smallest absolute Gasteiger partial charge is 0.379 e. The summed E-state index contributed by atoms with van der Waals surface area (Å²) in [5, 5.41) is 2.62. The number of halogens is 3. The third kappa shape index (κ3) is 4.56. The van der Waals surface area contributed by atoms with Gasteiger partial charge in [0.15, 0.2) is 5.13 Å². The fraction of sp³-hybridized carbons (Fsp3) is 0.263. The average molecular weight is 471 g/mol. The monoisotopic (exact) mass is 471 g/mol. The van der Waals surface area contributed by atoms with Gasteiger partial charge in [-0.05, 0) is 36.4 Å². The van der Waals surface area contributed by atoms with E-state index < -0.39 is 27.7 Å². The molecule has 0 spiro atoms. The number of sulfonamides is 1. The fourth-order valence-electron chi connectivity index (χ4n) is 3.06. The second-order valence-electron chi connectivity index (χ2n) is 6.70. The van der Waals surface area contributed by atoms with Gasteiger partial charge in [-0.15, -0.1) is 0 Å². The highest BCUT2D eigenvalue weighted by Gasteiger charge is 2.31. The molecule has 4 rings (SSSR count). The number of aromatic nitrogens is 1. The van der Waals surface area contributed by atoms with Crippen LogP contribution in [0.25, 0.3) is 10.2 Å². The van der Waals surface area contributed by atoms with E-state index in [1.54, 1.807) is 0 Å². The van der Waals surface area contributed by atoms with Gasteiger partial charge in [0.2, 0.25) is 10.0 Å². The van der Waals surface area contributed by atoms with E-state index >= 15 is 0 Å². The number of carbonyl (C=O) groups excluding carboxylic acids is 1. The van der Waals surface area contributed by atoms with Gasteiger partial charge in [0, 0.05) is 18.7 Å². The predicted octanol–water partition coefficient (Wildman–Crippen LogP) is 3.59. The summed E-state index contributed by atoms with van der Waals surface area (Å²) in [6.45, 7) is 1.18. The van der Waals surface area contributed by atoms with Gasteiger partial charge < -0.3 is 4.74 Å². The molecule has 7 nitrogen and oxygen atoms in total. The number of hydrogen-bond acceptors (Lipinski definition) is 6. The van der Waals surface area contributed by atoms with Gasteiger partial charge in [0.25, 0.3) is 5.91 Å². The molecule has 31 heavy (non-hydrogen) atoms. The summed E-state index contributed by atoms with van der Waals surface area (Å²) in [4.78, 5) is 16.7. The minimum Gasteiger partial charge on any atom is -0.379 e. The third-order valence-electron chi connectivity index (χ3n) is 4.64. The van der Waals surface area contributed by atoms with E-state index in [2.05, 4.69) is 10.3 Å². The van der Waals surface area contributed by atoms with Gasteiger partial charge in [-0.2, -0.15) is 17.5 Å². The van der Waals surface area contributed by atoms with Crippen LogP contribution in [0, 0.1) is 0 Å². The lowest BCUT2D eigenvalue weighted by Gasteiger charge is -2.25. The van der Waals surface area contributed by atoms with Gasteiger partial charge in [-0.25, -0.2) is 13.4 Å². The predicted molar refractivity (Wildman–Crippen MR) is 109 cm³/mol. The number of nitrogens with one attached hydrogen (secondary N) is 1. The molecule has 12 heteroatoms. The molecule has 2 aromatic carbocycles. The summed E-state index contributed by atoms with van der Waals surface area (Å²) in [7, 11) is -3.69. The molecule has 2 heterocycles. The van der Waals surface area contributed by atoms with Gasteiger partial charge >= 0.3 is 6.18 Å². The number of hydrogen-bond donors (Lipinski definition) is 1. The fourth-order valence-corrected chi connectivity index (χ4v) is 5.47. The van der Waals surface area contributed by atoms with Crippen molar-refractivity contribution in [2.24, 2.45) is 0 Å². The molecule has 0 saturated carbocycles. The van der Waals surface area contributed by atoms with Crippen LogP contribution in [0.4, 0.5) is 18.3 Å². The number of thiazole rings is 1.